The monoisotopic (exact) mass is 276 g/mol. The Hall–Kier alpha value is -0.740. The fourth-order valence-corrected chi connectivity index (χ4v) is 1.58. The van der Waals surface area contributed by atoms with Gasteiger partial charge in [0, 0.05) is 11.1 Å². The van der Waals surface area contributed by atoms with E-state index in [1.807, 2.05) is 5.32 Å². The van der Waals surface area contributed by atoms with E-state index in [4.69, 9.17) is 27.9 Å². The van der Waals surface area contributed by atoms with Crippen LogP contribution in [-0.4, -0.2) is 30.9 Å². The van der Waals surface area contributed by atoms with Crippen LogP contribution in [0.5, 0.6) is 5.75 Å². The molecule has 0 amide bonds. The lowest BCUT2D eigenvalue weighted by Crippen LogP contribution is -2.86. The molecule has 0 aliphatic heterocycles. The third kappa shape index (κ3) is 5.41. The van der Waals surface area contributed by atoms with Crippen molar-refractivity contribution in [1.29, 1.82) is 0 Å². The Kier molecular flexibility index (Phi) is 6.37. The Morgan fingerprint density at radius 3 is 2.94 bits per heavy atom. The van der Waals surface area contributed by atoms with Crippen LogP contribution in [0.1, 0.15) is 0 Å². The Bertz CT molecular complexity index is 372. The highest BCUT2D eigenvalue weighted by molar-refractivity contribution is 6.34. The highest BCUT2D eigenvalue weighted by atomic mass is 35.5. The Labute approximate surface area is 111 Å². The van der Waals surface area contributed by atoms with Gasteiger partial charge in [0.2, 0.25) is 0 Å². The van der Waals surface area contributed by atoms with Crippen LogP contribution in [0.25, 0.3) is 0 Å². The van der Waals surface area contributed by atoms with Crippen LogP contribution < -0.4 is 10.1 Å². The van der Waals surface area contributed by atoms with Gasteiger partial charge in [-0.3, -0.25) is 0 Å². The van der Waals surface area contributed by atoms with E-state index >= 15 is 0 Å². The van der Waals surface area contributed by atoms with Crippen molar-refractivity contribution in [3.63, 3.8) is 0 Å². The molecule has 3 N–H and O–H groups in total. The van der Waals surface area contributed by atoms with Crippen molar-refractivity contribution in [3.05, 3.63) is 40.9 Å². The van der Waals surface area contributed by atoms with Crippen molar-refractivity contribution in [2.75, 3.05) is 19.7 Å². The average Bonchev–Trinajstić information content (AvgIpc) is 2.31. The summed E-state index contributed by atoms with van der Waals surface area (Å²) in [6, 6.07) is 4.98. The minimum Gasteiger partial charge on any atom is -0.489 e. The molecule has 0 saturated carbocycles. The molecule has 1 aromatic rings. The van der Waals surface area contributed by atoms with E-state index in [1.54, 1.807) is 24.3 Å². The normalized spacial score (nSPS) is 12.2. The molecule has 0 aliphatic carbocycles. The van der Waals surface area contributed by atoms with Crippen molar-refractivity contribution in [2.24, 2.45) is 0 Å². The third-order valence-electron chi connectivity index (χ3n) is 2.10. The summed E-state index contributed by atoms with van der Waals surface area (Å²) in [7, 11) is 0. The first kappa shape index (κ1) is 14.3. The van der Waals surface area contributed by atoms with Gasteiger partial charge in [-0.15, -0.1) is 0 Å². The van der Waals surface area contributed by atoms with E-state index < -0.39 is 6.10 Å². The lowest BCUT2D eigenvalue weighted by molar-refractivity contribution is -0.652. The van der Waals surface area contributed by atoms with Crippen LogP contribution in [0.2, 0.25) is 10.0 Å². The quantitative estimate of drug-likeness (QED) is 0.586. The van der Waals surface area contributed by atoms with E-state index in [0.29, 0.717) is 22.3 Å². The molecular weight excluding hydrogens is 261 g/mol. The number of hydrogen-bond acceptors (Lipinski definition) is 2. The van der Waals surface area contributed by atoms with Gasteiger partial charge in [-0.25, -0.2) is 0 Å². The summed E-state index contributed by atoms with van der Waals surface area (Å²) in [5.74, 6) is 0.488. The molecule has 0 spiro atoms. The first-order valence-corrected chi connectivity index (χ1v) is 6.07. The maximum Gasteiger partial charge on any atom is 0.139 e. The Morgan fingerprint density at radius 1 is 1.47 bits per heavy atom. The van der Waals surface area contributed by atoms with Crippen LogP contribution in [0.15, 0.2) is 30.9 Å². The van der Waals surface area contributed by atoms with Gasteiger partial charge < -0.3 is 15.2 Å². The van der Waals surface area contributed by atoms with Crippen LogP contribution >= 0.6 is 23.2 Å². The van der Waals surface area contributed by atoms with E-state index in [1.165, 1.54) is 0 Å². The topological polar surface area (TPSA) is 46.1 Å². The average molecular weight is 277 g/mol. The largest absolute Gasteiger partial charge is 0.489 e. The number of halogens is 2. The van der Waals surface area contributed by atoms with E-state index in [9.17, 15) is 5.11 Å². The van der Waals surface area contributed by atoms with Crippen molar-refractivity contribution in [2.45, 2.75) is 6.10 Å². The summed E-state index contributed by atoms with van der Waals surface area (Å²) in [6.45, 7) is 5.12. The van der Waals surface area contributed by atoms with Crippen molar-refractivity contribution in [1.82, 2.24) is 0 Å². The molecule has 1 aromatic carbocycles. The van der Waals surface area contributed by atoms with Crippen LogP contribution in [-0.2, 0) is 0 Å². The summed E-state index contributed by atoms with van der Waals surface area (Å²) in [5.41, 5.74) is 0. The SMILES string of the molecule is C=CC[NH2+]C[C@H](O)COc1cc(Cl)ccc1Cl. The maximum absolute atomic E-state index is 9.63. The number of nitrogens with two attached hydrogens (primary N) is 1. The molecule has 0 saturated heterocycles. The first-order valence-electron chi connectivity index (χ1n) is 5.32. The van der Waals surface area contributed by atoms with Gasteiger partial charge in [-0.2, -0.15) is 0 Å². The van der Waals surface area contributed by atoms with Gasteiger partial charge >= 0.3 is 0 Å². The van der Waals surface area contributed by atoms with Gasteiger partial charge in [0.25, 0.3) is 0 Å². The summed E-state index contributed by atoms with van der Waals surface area (Å²) in [6.07, 6.45) is 1.23. The van der Waals surface area contributed by atoms with Crippen LogP contribution in [0, 0.1) is 0 Å². The van der Waals surface area contributed by atoms with Crippen LogP contribution in [0.3, 0.4) is 0 Å². The molecule has 1 atom stereocenters. The van der Waals surface area contributed by atoms with Gasteiger partial charge in [-0.05, 0) is 18.2 Å². The van der Waals surface area contributed by atoms with Crippen molar-refractivity contribution < 1.29 is 15.2 Å². The number of hydrogen-bond donors (Lipinski definition) is 2. The summed E-state index contributed by atoms with van der Waals surface area (Å²) >= 11 is 11.7. The highest BCUT2D eigenvalue weighted by Crippen LogP contribution is 2.27. The van der Waals surface area contributed by atoms with Gasteiger partial charge in [-0.1, -0.05) is 29.8 Å². The minimum absolute atomic E-state index is 0.188. The molecule has 94 valence electrons. The zero-order valence-electron chi connectivity index (χ0n) is 9.40. The molecule has 0 bridgehead atoms. The summed E-state index contributed by atoms with van der Waals surface area (Å²) < 4.78 is 5.40. The lowest BCUT2D eigenvalue weighted by Gasteiger charge is -2.12. The first-order chi connectivity index (χ1) is 8.13. The van der Waals surface area contributed by atoms with Crippen molar-refractivity contribution in [3.8, 4) is 5.75 Å². The summed E-state index contributed by atoms with van der Waals surface area (Å²) in [5, 5.41) is 12.6. The molecule has 0 heterocycles. The fourth-order valence-electron chi connectivity index (χ4n) is 1.25. The molecule has 0 radical (unpaired) electrons. The second kappa shape index (κ2) is 7.56. The molecule has 3 nitrogen and oxygen atoms in total. The van der Waals surface area contributed by atoms with E-state index in [-0.39, 0.29) is 6.61 Å². The molecule has 17 heavy (non-hydrogen) atoms. The van der Waals surface area contributed by atoms with Crippen molar-refractivity contribution >= 4 is 23.2 Å². The predicted molar refractivity (Wildman–Crippen MR) is 69.8 cm³/mol. The molecule has 5 heteroatoms. The van der Waals surface area contributed by atoms with Gasteiger partial charge in [0.1, 0.15) is 25.0 Å². The van der Waals surface area contributed by atoms with E-state index in [2.05, 4.69) is 6.58 Å². The third-order valence-corrected chi connectivity index (χ3v) is 2.64. The molecule has 0 fully saturated rings. The maximum atomic E-state index is 9.63. The molecule has 0 aromatic heterocycles. The van der Waals surface area contributed by atoms with Gasteiger partial charge in [0.15, 0.2) is 0 Å². The number of quaternary nitrogens is 1. The second-order valence-corrected chi connectivity index (χ2v) is 4.43. The van der Waals surface area contributed by atoms with Crippen LogP contribution in [0.4, 0.5) is 0 Å². The number of aliphatic hydroxyl groups excluding tert-OH is 1. The molecule has 0 unspecified atom stereocenters. The number of benzene rings is 1. The smallest absolute Gasteiger partial charge is 0.139 e. The minimum atomic E-state index is -0.551. The van der Waals surface area contributed by atoms with E-state index in [0.717, 1.165) is 6.54 Å². The standard InChI is InChI=1S/C12H15Cl2NO2/c1-2-5-15-7-10(16)8-17-12-6-9(13)3-4-11(12)14/h2-4,6,10,15-16H,1,5,7-8H2/p+1/t10-/m0/s1. The summed E-state index contributed by atoms with van der Waals surface area (Å²) in [4.78, 5) is 0. The fraction of sp³-hybridized carbons (Fsp3) is 0.333. The zero-order valence-corrected chi connectivity index (χ0v) is 10.9. The molecular formula is C12H16Cl2NO2+. The lowest BCUT2D eigenvalue weighted by atomic mass is 10.3. The number of rotatable bonds is 7. The Balaban J connectivity index is 2.38. The number of aliphatic hydroxyl groups is 1. The Morgan fingerprint density at radius 2 is 2.24 bits per heavy atom. The van der Waals surface area contributed by atoms with Gasteiger partial charge in [0.05, 0.1) is 11.6 Å². The zero-order chi connectivity index (χ0) is 12.7. The number of ether oxygens (including phenoxy) is 1. The predicted octanol–water partition coefficient (Wildman–Crippen LogP) is 1.48. The molecule has 0 aliphatic rings. The highest BCUT2D eigenvalue weighted by Gasteiger charge is 2.09. The second-order valence-electron chi connectivity index (χ2n) is 3.59. The molecule has 1 rings (SSSR count).